The zero-order chi connectivity index (χ0) is 15.5. The number of fused-ring (bicyclic) bond motifs is 1. The van der Waals surface area contributed by atoms with Crippen molar-refractivity contribution in [3.63, 3.8) is 0 Å². The van der Waals surface area contributed by atoms with E-state index in [-0.39, 0.29) is 17.9 Å². The Labute approximate surface area is 133 Å². The lowest BCUT2D eigenvalue weighted by atomic mass is 9.84. The van der Waals surface area contributed by atoms with Crippen LogP contribution < -0.4 is 10.6 Å². The van der Waals surface area contributed by atoms with Crippen LogP contribution in [0.4, 0.5) is 0 Å². The zero-order valence-electron chi connectivity index (χ0n) is 13.8. The highest BCUT2D eigenvalue weighted by Gasteiger charge is 2.26. The summed E-state index contributed by atoms with van der Waals surface area (Å²) in [5.41, 5.74) is 4.15. The van der Waals surface area contributed by atoms with Gasteiger partial charge in [-0.05, 0) is 61.3 Å². The molecule has 1 aromatic rings. The molecule has 1 aliphatic heterocycles. The second-order valence-corrected chi connectivity index (χ2v) is 7.11. The lowest BCUT2D eigenvalue weighted by Gasteiger charge is -2.30. The molecule has 0 bridgehead atoms. The van der Waals surface area contributed by atoms with E-state index in [0.29, 0.717) is 5.92 Å². The molecule has 1 heterocycles. The summed E-state index contributed by atoms with van der Waals surface area (Å²) < 4.78 is 0. The smallest absolute Gasteiger partial charge is 0.224 e. The summed E-state index contributed by atoms with van der Waals surface area (Å²) in [5, 5.41) is 6.67. The van der Waals surface area contributed by atoms with Gasteiger partial charge in [0.05, 0.1) is 12.0 Å². The van der Waals surface area contributed by atoms with Crippen LogP contribution in [-0.2, 0) is 11.2 Å². The second kappa shape index (κ2) is 6.82. The number of nitrogens with one attached hydrogen (secondary N) is 2. The van der Waals surface area contributed by atoms with Crippen molar-refractivity contribution in [2.45, 2.75) is 57.9 Å². The van der Waals surface area contributed by atoms with Gasteiger partial charge in [0.1, 0.15) is 0 Å². The van der Waals surface area contributed by atoms with Crippen LogP contribution in [-0.4, -0.2) is 19.0 Å². The van der Waals surface area contributed by atoms with Gasteiger partial charge in [-0.3, -0.25) is 4.79 Å². The number of carbonyl (C=O) groups is 1. The van der Waals surface area contributed by atoms with Crippen molar-refractivity contribution in [2.75, 3.05) is 13.1 Å². The Morgan fingerprint density at radius 3 is 2.86 bits per heavy atom. The number of piperidine rings is 1. The van der Waals surface area contributed by atoms with Crippen molar-refractivity contribution in [1.82, 2.24) is 10.6 Å². The van der Waals surface area contributed by atoms with Gasteiger partial charge in [-0.15, -0.1) is 0 Å². The van der Waals surface area contributed by atoms with E-state index in [0.717, 1.165) is 38.8 Å². The summed E-state index contributed by atoms with van der Waals surface area (Å²) in [6.45, 7) is 6.34. The first-order valence-corrected chi connectivity index (χ1v) is 8.79. The van der Waals surface area contributed by atoms with Gasteiger partial charge in [-0.2, -0.15) is 0 Å². The fourth-order valence-electron chi connectivity index (χ4n) is 3.69. The van der Waals surface area contributed by atoms with Gasteiger partial charge in [0, 0.05) is 6.54 Å². The summed E-state index contributed by atoms with van der Waals surface area (Å²) in [6, 6.07) is 7.05. The number of aryl methyl sites for hydroxylation is 1. The van der Waals surface area contributed by atoms with E-state index in [1.54, 1.807) is 0 Å². The van der Waals surface area contributed by atoms with Gasteiger partial charge >= 0.3 is 0 Å². The van der Waals surface area contributed by atoms with Gasteiger partial charge in [-0.1, -0.05) is 32.0 Å². The zero-order valence-corrected chi connectivity index (χ0v) is 13.8. The Kier molecular flexibility index (Phi) is 4.82. The van der Waals surface area contributed by atoms with E-state index in [2.05, 4.69) is 42.7 Å². The molecule has 3 heteroatoms. The maximum Gasteiger partial charge on any atom is 0.224 e. The number of amides is 1. The molecule has 1 aromatic carbocycles. The molecule has 22 heavy (non-hydrogen) atoms. The molecular formula is C19H28N2O. The average Bonchev–Trinajstić information content (AvgIpc) is 2.55. The van der Waals surface area contributed by atoms with Gasteiger partial charge < -0.3 is 10.6 Å². The van der Waals surface area contributed by atoms with Crippen LogP contribution in [0.2, 0.25) is 0 Å². The summed E-state index contributed by atoms with van der Waals surface area (Å²) in [7, 11) is 0. The summed E-state index contributed by atoms with van der Waals surface area (Å²) in [6.07, 6.45) is 5.51. The highest BCUT2D eigenvalue weighted by Crippen LogP contribution is 2.32. The quantitative estimate of drug-likeness (QED) is 0.899. The molecule has 1 amide bonds. The van der Waals surface area contributed by atoms with E-state index >= 15 is 0 Å². The van der Waals surface area contributed by atoms with E-state index in [4.69, 9.17) is 0 Å². The molecule has 3 nitrogen and oxygen atoms in total. The molecule has 0 spiro atoms. The fourth-order valence-corrected chi connectivity index (χ4v) is 3.69. The van der Waals surface area contributed by atoms with Crippen molar-refractivity contribution in [2.24, 2.45) is 5.92 Å². The van der Waals surface area contributed by atoms with Crippen LogP contribution in [0.15, 0.2) is 18.2 Å². The molecule has 2 aliphatic rings. The Hall–Kier alpha value is -1.35. The predicted octanol–water partition coefficient (Wildman–Crippen LogP) is 3.30. The highest BCUT2D eigenvalue weighted by molar-refractivity contribution is 5.79. The molecule has 1 fully saturated rings. The third-order valence-electron chi connectivity index (χ3n) is 5.14. The van der Waals surface area contributed by atoms with Crippen LogP contribution in [0.5, 0.6) is 0 Å². The van der Waals surface area contributed by atoms with Crippen molar-refractivity contribution >= 4 is 5.91 Å². The SMILES string of the molecule is CC(C)c1ccc2c(c1)[C@H](NC(=O)[C@@H]1CCCNC1)CCC2. The van der Waals surface area contributed by atoms with Gasteiger partial charge in [0.15, 0.2) is 0 Å². The van der Waals surface area contributed by atoms with Crippen molar-refractivity contribution < 1.29 is 4.79 Å². The lowest BCUT2D eigenvalue weighted by molar-refractivity contribution is -0.126. The first kappa shape index (κ1) is 15.5. The van der Waals surface area contributed by atoms with Crippen LogP contribution >= 0.6 is 0 Å². The third-order valence-corrected chi connectivity index (χ3v) is 5.14. The van der Waals surface area contributed by atoms with Gasteiger partial charge in [-0.25, -0.2) is 0 Å². The third kappa shape index (κ3) is 3.35. The number of hydrogen-bond acceptors (Lipinski definition) is 2. The first-order valence-electron chi connectivity index (χ1n) is 8.79. The molecule has 0 radical (unpaired) electrons. The Morgan fingerprint density at radius 2 is 2.14 bits per heavy atom. The molecular weight excluding hydrogens is 272 g/mol. The van der Waals surface area contributed by atoms with Gasteiger partial charge in [0.2, 0.25) is 5.91 Å². The molecule has 1 saturated heterocycles. The van der Waals surface area contributed by atoms with E-state index in [9.17, 15) is 4.79 Å². The second-order valence-electron chi connectivity index (χ2n) is 7.11. The minimum atomic E-state index is 0.146. The molecule has 1 aliphatic carbocycles. The molecule has 0 aromatic heterocycles. The van der Waals surface area contributed by atoms with Crippen molar-refractivity contribution in [1.29, 1.82) is 0 Å². The molecule has 120 valence electrons. The molecule has 0 unspecified atom stereocenters. The average molecular weight is 300 g/mol. The van der Waals surface area contributed by atoms with Crippen LogP contribution in [0, 0.1) is 5.92 Å². The standard InChI is InChI=1S/C19H28N2O/c1-13(2)15-9-8-14-5-3-7-18(17(14)11-15)21-19(22)16-6-4-10-20-12-16/h8-9,11,13,16,18,20H,3-7,10,12H2,1-2H3,(H,21,22)/t16-,18-/m1/s1. The van der Waals surface area contributed by atoms with E-state index < -0.39 is 0 Å². The topological polar surface area (TPSA) is 41.1 Å². The van der Waals surface area contributed by atoms with E-state index in [1.165, 1.54) is 23.1 Å². The number of rotatable bonds is 3. The highest BCUT2D eigenvalue weighted by atomic mass is 16.2. The van der Waals surface area contributed by atoms with Crippen LogP contribution in [0.25, 0.3) is 0 Å². The van der Waals surface area contributed by atoms with Gasteiger partial charge in [0.25, 0.3) is 0 Å². The first-order chi connectivity index (χ1) is 10.6. The predicted molar refractivity (Wildman–Crippen MR) is 89.9 cm³/mol. The van der Waals surface area contributed by atoms with E-state index in [1.807, 2.05) is 0 Å². The Balaban J connectivity index is 1.75. The minimum Gasteiger partial charge on any atom is -0.349 e. The summed E-state index contributed by atoms with van der Waals surface area (Å²) in [4.78, 5) is 12.5. The summed E-state index contributed by atoms with van der Waals surface area (Å²) >= 11 is 0. The normalized spacial score (nSPS) is 24.9. The monoisotopic (exact) mass is 300 g/mol. The largest absolute Gasteiger partial charge is 0.349 e. The van der Waals surface area contributed by atoms with Crippen molar-refractivity contribution in [3.05, 3.63) is 34.9 Å². The maximum absolute atomic E-state index is 12.5. The number of carbonyl (C=O) groups excluding carboxylic acids is 1. The molecule has 3 rings (SSSR count). The lowest BCUT2D eigenvalue weighted by Crippen LogP contribution is -2.42. The minimum absolute atomic E-state index is 0.146. The fraction of sp³-hybridized carbons (Fsp3) is 0.632. The maximum atomic E-state index is 12.5. The summed E-state index contributed by atoms with van der Waals surface area (Å²) in [5.74, 6) is 0.915. The van der Waals surface area contributed by atoms with Crippen LogP contribution in [0.3, 0.4) is 0 Å². The molecule has 2 N–H and O–H groups in total. The number of benzene rings is 1. The van der Waals surface area contributed by atoms with Crippen LogP contribution in [0.1, 0.15) is 68.2 Å². The van der Waals surface area contributed by atoms with Crippen molar-refractivity contribution in [3.8, 4) is 0 Å². The Morgan fingerprint density at radius 1 is 1.27 bits per heavy atom. The Bertz CT molecular complexity index is 532. The molecule has 0 saturated carbocycles. The number of hydrogen-bond donors (Lipinski definition) is 2. The molecule has 2 atom stereocenters.